The van der Waals surface area contributed by atoms with Crippen molar-refractivity contribution in [1.29, 1.82) is 0 Å². The molecule has 0 heterocycles. The van der Waals surface area contributed by atoms with E-state index in [-0.39, 0.29) is 0 Å². The molecule has 1 nitrogen and oxygen atoms in total. The predicted octanol–water partition coefficient (Wildman–Crippen LogP) is 3.44. The Labute approximate surface area is 92.2 Å². The summed E-state index contributed by atoms with van der Waals surface area (Å²) in [7, 11) is 0. The Bertz CT molecular complexity index is 308. The molecule has 0 aliphatic rings. The molecule has 2 rings (SSSR count). The smallest absolute Gasteiger partial charge is 0.115 e. The molecule has 0 amide bonds. The van der Waals surface area contributed by atoms with E-state index in [1.165, 1.54) is 0 Å². The highest BCUT2D eigenvalue weighted by Crippen LogP contribution is 2.04. The number of aromatic hydroxyl groups is 1. The van der Waals surface area contributed by atoms with Gasteiger partial charge >= 0.3 is 0 Å². The first-order valence-corrected chi connectivity index (χ1v) is 4.85. The number of halogens is 1. The van der Waals surface area contributed by atoms with E-state index < -0.39 is 0 Å². The van der Waals surface area contributed by atoms with Crippen molar-refractivity contribution in [1.82, 2.24) is 0 Å². The maximum Gasteiger partial charge on any atom is 0.115 e. The van der Waals surface area contributed by atoms with Crippen molar-refractivity contribution in [3.05, 3.63) is 65.1 Å². The minimum atomic E-state index is 0.291. The second-order valence-corrected chi connectivity index (χ2v) is 3.39. The molecule has 0 aliphatic carbocycles. The highest BCUT2D eigenvalue weighted by atomic mass is 79.9. The van der Waals surface area contributed by atoms with E-state index >= 15 is 0 Å². The van der Waals surface area contributed by atoms with Crippen LogP contribution in [-0.2, 0) is 0 Å². The fourth-order valence-electron chi connectivity index (χ4n) is 0.745. The van der Waals surface area contributed by atoms with Crippen LogP contribution in [0.3, 0.4) is 0 Å². The van der Waals surface area contributed by atoms with Gasteiger partial charge in [0.2, 0.25) is 0 Å². The van der Waals surface area contributed by atoms with Crippen molar-refractivity contribution in [2.45, 2.75) is 0 Å². The third-order valence-electron chi connectivity index (χ3n) is 1.38. The van der Waals surface area contributed by atoms with Gasteiger partial charge in [0.25, 0.3) is 0 Å². The lowest BCUT2D eigenvalue weighted by atomic mass is 10.3. The van der Waals surface area contributed by atoms with Gasteiger partial charge < -0.3 is 5.11 Å². The summed E-state index contributed by atoms with van der Waals surface area (Å²) < 4.78 is 1.10. The Morgan fingerprint density at radius 1 is 0.857 bits per heavy atom. The molecule has 2 aromatic rings. The van der Waals surface area contributed by atoms with E-state index in [4.69, 9.17) is 5.11 Å². The van der Waals surface area contributed by atoms with Crippen LogP contribution in [0.2, 0.25) is 0 Å². The van der Waals surface area contributed by atoms with Gasteiger partial charge in [-0.1, -0.05) is 40.2 Å². The summed E-state index contributed by atoms with van der Waals surface area (Å²) in [4.78, 5) is 0. The fourth-order valence-corrected chi connectivity index (χ4v) is 1.01. The van der Waals surface area contributed by atoms with Crippen LogP contribution < -0.4 is 0 Å². The summed E-state index contributed by atoms with van der Waals surface area (Å²) in [6.07, 6.45) is 0. The summed E-state index contributed by atoms with van der Waals surface area (Å²) >= 11 is 3.29. The molecule has 0 aromatic heterocycles. The van der Waals surface area contributed by atoms with Gasteiger partial charge in [-0.2, -0.15) is 0 Å². The maximum absolute atomic E-state index is 8.61. The molecule has 0 fully saturated rings. The van der Waals surface area contributed by atoms with Crippen molar-refractivity contribution in [2.24, 2.45) is 0 Å². The molecule has 70 valence electrons. The Kier molecular flexibility index (Phi) is 4.79. The molecule has 0 bridgehead atoms. The second-order valence-electron chi connectivity index (χ2n) is 2.48. The van der Waals surface area contributed by atoms with E-state index in [9.17, 15) is 0 Å². The lowest BCUT2D eigenvalue weighted by Gasteiger charge is -1.81. The van der Waals surface area contributed by atoms with Crippen molar-refractivity contribution in [3.8, 4) is 5.75 Å². The third kappa shape index (κ3) is 4.67. The Morgan fingerprint density at radius 3 is 1.50 bits per heavy atom. The highest BCUT2D eigenvalue weighted by Gasteiger charge is 1.75. The predicted molar refractivity (Wildman–Crippen MR) is 59.9 cm³/mol. The molecule has 0 atom stereocenters. The van der Waals surface area contributed by atoms with Gasteiger partial charge in [0, 0.05) is 4.47 Å². The van der Waals surface area contributed by atoms with E-state index in [1.54, 1.807) is 24.3 Å². The van der Waals surface area contributed by atoms with Gasteiger partial charge in [0.15, 0.2) is 0 Å². The molecular weight excluding hydrogens is 240 g/mol. The van der Waals surface area contributed by atoms with E-state index in [0.29, 0.717) is 5.75 Å². The van der Waals surface area contributed by atoms with Crippen LogP contribution >= 0.6 is 15.9 Å². The summed E-state index contributed by atoms with van der Waals surface area (Å²) in [6, 6.07) is 19.8. The SMILES string of the molecule is Brc1cc[c]cc1.Oc1cc[c]cc1. The molecule has 2 aromatic carbocycles. The largest absolute Gasteiger partial charge is 0.508 e. The van der Waals surface area contributed by atoms with Gasteiger partial charge in [-0.15, -0.1) is 0 Å². The average Bonchev–Trinajstić information content (AvgIpc) is 2.21. The fraction of sp³-hybridized carbons (Fsp3) is 0. The summed E-state index contributed by atoms with van der Waals surface area (Å²) in [5, 5.41) is 8.61. The summed E-state index contributed by atoms with van der Waals surface area (Å²) in [5.41, 5.74) is 0. The third-order valence-corrected chi connectivity index (χ3v) is 1.91. The molecule has 2 heteroatoms. The van der Waals surface area contributed by atoms with Crippen molar-refractivity contribution in [3.63, 3.8) is 0 Å². The van der Waals surface area contributed by atoms with Crippen LogP contribution in [0.4, 0.5) is 0 Å². The number of benzene rings is 2. The first-order valence-electron chi connectivity index (χ1n) is 4.06. The van der Waals surface area contributed by atoms with Gasteiger partial charge in [0.1, 0.15) is 5.75 Å². The van der Waals surface area contributed by atoms with E-state index in [0.717, 1.165) is 4.47 Å². The van der Waals surface area contributed by atoms with Crippen molar-refractivity contribution < 1.29 is 5.11 Å². The van der Waals surface area contributed by atoms with Crippen LogP contribution in [0.1, 0.15) is 0 Å². The number of rotatable bonds is 0. The van der Waals surface area contributed by atoms with Gasteiger partial charge in [-0.25, -0.2) is 0 Å². The molecule has 0 aliphatic heterocycles. The van der Waals surface area contributed by atoms with Crippen molar-refractivity contribution >= 4 is 15.9 Å². The van der Waals surface area contributed by atoms with Crippen LogP contribution in [0.5, 0.6) is 5.75 Å². The quantitative estimate of drug-likeness (QED) is 0.758. The van der Waals surface area contributed by atoms with Crippen LogP contribution in [0.15, 0.2) is 53.0 Å². The van der Waals surface area contributed by atoms with Crippen molar-refractivity contribution in [2.75, 3.05) is 0 Å². The lowest BCUT2D eigenvalue weighted by molar-refractivity contribution is 0.475. The zero-order valence-corrected chi connectivity index (χ0v) is 9.03. The average molecular weight is 249 g/mol. The highest BCUT2D eigenvalue weighted by molar-refractivity contribution is 9.10. The number of hydrogen-bond acceptors (Lipinski definition) is 1. The zero-order chi connectivity index (χ0) is 10.2. The molecule has 1 N–H and O–H groups in total. The maximum atomic E-state index is 8.61. The molecule has 2 radical (unpaired) electrons. The van der Waals surface area contributed by atoms with E-state index in [2.05, 4.69) is 28.1 Å². The van der Waals surface area contributed by atoms with E-state index in [1.807, 2.05) is 24.3 Å². The molecule has 0 spiro atoms. The Morgan fingerprint density at radius 2 is 1.29 bits per heavy atom. The first-order chi connectivity index (χ1) is 6.79. The normalized spacial score (nSPS) is 8.64. The number of phenols is 1. The van der Waals surface area contributed by atoms with Gasteiger partial charge in [-0.3, -0.25) is 0 Å². The van der Waals surface area contributed by atoms with Gasteiger partial charge in [-0.05, 0) is 36.4 Å². The molecule has 14 heavy (non-hydrogen) atoms. The van der Waals surface area contributed by atoms with Crippen LogP contribution in [0.25, 0.3) is 0 Å². The standard InChI is InChI=1S/C6H4Br.C6H5O/c2*7-6-4-2-1-3-5-6/h2-5H;2-5,7H. The number of phenolic OH excluding ortho intramolecular Hbond substituents is 1. The lowest BCUT2D eigenvalue weighted by Crippen LogP contribution is -1.57. The van der Waals surface area contributed by atoms with Crippen LogP contribution in [-0.4, -0.2) is 5.11 Å². The first kappa shape index (κ1) is 10.8. The molecule has 0 saturated carbocycles. The second kappa shape index (κ2) is 6.22. The topological polar surface area (TPSA) is 20.2 Å². The molecular formula is C12H9BrO. The zero-order valence-electron chi connectivity index (χ0n) is 7.44. The monoisotopic (exact) mass is 248 g/mol. The molecule has 0 saturated heterocycles. The van der Waals surface area contributed by atoms with Crippen LogP contribution in [0, 0.1) is 12.1 Å². The minimum Gasteiger partial charge on any atom is -0.508 e. The Balaban J connectivity index is 0.000000140. The summed E-state index contributed by atoms with van der Waals surface area (Å²) in [6.45, 7) is 0. The van der Waals surface area contributed by atoms with Gasteiger partial charge in [0.05, 0.1) is 0 Å². The number of hydrogen-bond donors (Lipinski definition) is 1. The minimum absolute atomic E-state index is 0.291. The Hall–Kier alpha value is -1.28. The summed E-state index contributed by atoms with van der Waals surface area (Å²) in [5.74, 6) is 0.291. The molecule has 0 unspecified atom stereocenters.